The second-order valence-electron chi connectivity index (χ2n) is 7.94. The number of Topliss-reactive ketones (excluding diaryl/α,β-unsaturated/α-hetero) is 1. The first kappa shape index (κ1) is 20.9. The Hall–Kier alpha value is -3.99. The first-order valence-electron chi connectivity index (χ1n) is 10.7. The van der Waals surface area contributed by atoms with Crippen molar-refractivity contribution in [2.75, 3.05) is 0 Å². The Balaban J connectivity index is 1.35. The van der Waals surface area contributed by atoms with E-state index in [0.717, 1.165) is 17.5 Å². The molecule has 1 aliphatic rings. The van der Waals surface area contributed by atoms with Gasteiger partial charge >= 0.3 is 0 Å². The van der Waals surface area contributed by atoms with Gasteiger partial charge in [0.15, 0.2) is 5.78 Å². The van der Waals surface area contributed by atoms with Crippen molar-refractivity contribution in [2.24, 2.45) is 0 Å². The molecular weight excluding hydrogens is 422 g/mol. The van der Waals surface area contributed by atoms with Crippen LogP contribution in [0.1, 0.15) is 30.8 Å². The fraction of sp³-hybridized carbons (Fsp3) is 0.107. The zero-order valence-corrected chi connectivity index (χ0v) is 17.7. The lowest BCUT2D eigenvalue weighted by Crippen LogP contribution is -2.12. The highest BCUT2D eigenvalue weighted by Crippen LogP contribution is 2.31. The first-order valence-corrected chi connectivity index (χ1v) is 10.7. The van der Waals surface area contributed by atoms with E-state index in [1.54, 1.807) is 48.6 Å². The molecule has 0 atom stereocenters. The van der Waals surface area contributed by atoms with Gasteiger partial charge in [0.2, 0.25) is 0 Å². The Morgan fingerprint density at radius 2 is 1.03 bits per heavy atom. The molecule has 0 spiro atoms. The fourth-order valence-electron chi connectivity index (χ4n) is 3.92. The van der Waals surface area contributed by atoms with Gasteiger partial charge in [-0.15, -0.1) is 0 Å². The van der Waals surface area contributed by atoms with Crippen molar-refractivity contribution in [3.05, 3.63) is 107 Å². The van der Waals surface area contributed by atoms with E-state index >= 15 is 0 Å². The van der Waals surface area contributed by atoms with Crippen molar-refractivity contribution < 1.29 is 22.4 Å². The number of carbonyl (C=O) groups excluding carboxylic acids is 1. The lowest BCUT2D eigenvalue weighted by atomic mass is 9.88. The molecule has 5 rings (SSSR count). The molecule has 0 unspecified atom stereocenters. The Bertz CT molecular complexity index is 1250. The van der Waals surface area contributed by atoms with Crippen LogP contribution in [-0.4, -0.2) is 5.78 Å². The minimum Gasteiger partial charge on any atom is -0.457 e. The first-order chi connectivity index (χ1) is 16.0. The van der Waals surface area contributed by atoms with Gasteiger partial charge in [0.25, 0.3) is 0 Å². The molecule has 4 aromatic rings. The summed E-state index contributed by atoms with van der Waals surface area (Å²) < 4.78 is 38.0. The van der Waals surface area contributed by atoms with Crippen LogP contribution < -0.4 is 0 Å². The molecule has 1 saturated carbocycles. The smallest absolute Gasteiger partial charge is 0.185 e. The summed E-state index contributed by atoms with van der Waals surface area (Å²) in [6, 6.07) is 19.4. The summed E-state index contributed by atoms with van der Waals surface area (Å²) in [6.45, 7) is 0. The summed E-state index contributed by atoms with van der Waals surface area (Å²) in [5, 5.41) is 0. The molecule has 2 aromatic carbocycles. The summed E-state index contributed by atoms with van der Waals surface area (Å²) in [4.78, 5) is 13.1. The lowest BCUT2D eigenvalue weighted by Gasteiger charge is -2.15. The predicted molar refractivity (Wildman–Crippen MR) is 123 cm³/mol. The second kappa shape index (κ2) is 8.87. The molecule has 0 amide bonds. The maximum Gasteiger partial charge on any atom is 0.185 e. The molecule has 5 heteroatoms. The number of benzene rings is 2. The average molecular weight is 442 g/mol. The SMILES string of the molecule is O=C1/C(=C\c2ccc(-c3ccc(F)cc3)o2)CCC/C1=C\c1ccc(-c2ccc(F)cc2)o1. The molecule has 1 aliphatic carbocycles. The third-order valence-corrected chi connectivity index (χ3v) is 5.62. The Kier molecular flexibility index (Phi) is 5.61. The van der Waals surface area contributed by atoms with Gasteiger partial charge in [-0.1, -0.05) is 0 Å². The summed E-state index contributed by atoms with van der Waals surface area (Å²) in [5.74, 6) is 1.75. The zero-order chi connectivity index (χ0) is 22.8. The molecule has 0 aliphatic heterocycles. The van der Waals surface area contributed by atoms with E-state index in [0.29, 0.717) is 47.0 Å². The standard InChI is InChI=1S/C28H20F2O3/c29-22-8-4-18(5-9-22)26-14-12-24(32-26)16-20-2-1-3-21(28(20)31)17-25-13-15-27(33-25)19-6-10-23(30)11-7-19/h4-17H,1-3H2/b20-16-,21-17+. The molecule has 1 fully saturated rings. The van der Waals surface area contributed by atoms with Crippen molar-refractivity contribution >= 4 is 17.9 Å². The fourth-order valence-corrected chi connectivity index (χ4v) is 3.92. The van der Waals surface area contributed by atoms with Gasteiger partial charge in [-0.05, 0) is 104 Å². The molecule has 0 N–H and O–H groups in total. The normalized spacial score (nSPS) is 16.6. The summed E-state index contributed by atoms with van der Waals surface area (Å²) in [5.41, 5.74) is 2.90. The van der Waals surface area contributed by atoms with Gasteiger partial charge in [0.05, 0.1) is 0 Å². The van der Waals surface area contributed by atoms with Crippen LogP contribution in [0.3, 0.4) is 0 Å². The zero-order valence-electron chi connectivity index (χ0n) is 17.7. The number of carbonyl (C=O) groups is 1. The monoisotopic (exact) mass is 442 g/mol. The van der Waals surface area contributed by atoms with E-state index in [2.05, 4.69) is 0 Å². The highest BCUT2D eigenvalue weighted by molar-refractivity contribution is 6.13. The van der Waals surface area contributed by atoms with Gasteiger partial charge in [0, 0.05) is 22.3 Å². The van der Waals surface area contributed by atoms with Gasteiger partial charge in [-0.25, -0.2) is 8.78 Å². The minimum atomic E-state index is -0.305. The van der Waals surface area contributed by atoms with E-state index in [1.165, 1.54) is 24.3 Å². The highest BCUT2D eigenvalue weighted by atomic mass is 19.1. The maximum absolute atomic E-state index is 13.2. The molecule has 33 heavy (non-hydrogen) atoms. The van der Waals surface area contributed by atoms with Crippen LogP contribution in [0.15, 0.2) is 92.8 Å². The van der Waals surface area contributed by atoms with Crippen molar-refractivity contribution in [3.8, 4) is 22.6 Å². The summed E-state index contributed by atoms with van der Waals surface area (Å²) in [6.07, 6.45) is 5.73. The van der Waals surface area contributed by atoms with Gasteiger partial charge in [-0.3, -0.25) is 4.79 Å². The Labute approximate surface area is 189 Å². The number of hydrogen-bond donors (Lipinski definition) is 0. The van der Waals surface area contributed by atoms with Crippen LogP contribution in [0.5, 0.6) is 0 Å². The van der Waals surface area contributed by atoms with Crippen LogP contribution in [0.4, 0.5) is 8.78 Å². The van der Waals surface area contributed by atoms with Crippen LogP contribution in [0.2, 0.25) is 0 Å². The molecule has 2 aromatic heterocycles. The molecule has 0 saturated heterocycles. The number of ketones is 1. The van der Waals surface area contributed by atoms with Crippen molar-refractivity contribution in [3.63, 3.8) is 0 Å². The molecule has 0 radical (unpaired) electrons. The predicted octanol–water partition coefficient (Wildman–Crippen LogP) is 7.70. The van der Waals surface area contributed by atoms with Crippen LogP contribution in [0, 0.1) is 11.6 Å². The Morgan fingerprint density at radius 3 is 1.45 bits per heavy atom. The number of halogens is 2. The van der Waals surface area contributed by atoms with Gasteiger partial charge in [-0.2, -0.15) is 0 Å². The topological polar surface area (TPSA) is 43.4 Å². The van der Waals surface area contributed by atoms with Crippen molar-refractivity contribution in [2.45, 2.75) is 19.3 Å². The quantitative estimate of drug-likeness (QED) is 0.304. The van der Waals surface area contributed by atoms with Crippen LogP contribution >= 0.6 is 0 Å². The van der Waals surface area contributed by atoms with E-state index < -0.39 is 0 Å². The third-order valence-electron chi connectivity index (χ3n) is 5.62. The largest absolute Gasteiger partial charge is 0.457 e. The Morgan fingerprint density at radius 1 is 0.606 bits per heavy atom. The van der Waals surface area contributed by atoms with Crippen molar-refractivity contribution in [1.82, 2.24) is 0 Å². The summed E-state index contributed by atoms with van der Waals surface area (Å²) >= 11 is 0. The molecule has 2 heterocycles. The highest BCUT2D eigenvalue weighted by Gasteiger charge is 2.21. The number of allylic oxidation sites excluding steroid dienone is 2. The van der Waals surface area contributed by atoms with E-state index in [9.17, 15) is 13.6 Å². The van der Waals surface area contributed by atoms with Gasteiger partial charge in [0.1, 0.15) is 34.7 Å². The molecule has 3 nitrogen and oxygen atoms in total. The second-order valence-corrected chi connectivity index (χ2v) is 7.94. The third kappa shape index (κ3) is 4.62. The van der Waals surface area contributed by atoms with E-state index in [-0.39, 0.29) is 17.4 Å². The molecule has 0 bridgehead atoms. The summed E-state index contributed by atoms with van der Waals surface area (Å²) in [7, 11) is 0. The van der Waals surface area contributed by atoms with E-state index in [4.69, 9.17) is 8.83 Å². The lowest BCUT2D eigenvalue weighted by molar-refractivity contribution is -0.112. The average Bonchev–Trinajstić information content (AvgIpc) is 3.48. The van der Waals surface area contributed by atoms with Crippen LogP contribution in [0.25, 0.3) is 34.8 Å². The maximum atomic E-state index is 13.2. The van der Waals surface area contributed by atoms with E-state index in [1.807, 2.05) is 12.1 Å². The number of rotatable bonds is 4. The number of furan rings is 2. The van der Waals surface area contributed by atoms with Crippen LogP contribution in [-0.2, 0) is 4.79 Å². The molecular formula is C28H20F2O3. The van der Waals surface area contributed by atoms with Gasteiger partial charge < -0.3 is 8.83 Å². The minimum absolute atomic E-state index is 0.0271. The van der Waals surface area contributed by atoms with Crippen molar-refractivity contribution in [1.29, 1.82) is 0 Å². The molecule has 164 valence electrons. The number of hydrogen-bond acceptors (Lipinski definition) is 3.